The predicted octanol–water partition coefficient (Wildman–Crippen LogP) is 6.49. The number of anilines is 1. The summed E-state index contributed by atoms with van der Waals surface area (Å²) < 4.78 is 7.46. The molecule has 0 fully saturated rings. The molecule has 0 aliphatic carbocycles. The van der Waals surface area contributed by atoms with Gasteiger partial charge < -0.3 is 15.3 Å². The van der Waals surface area contributed by atoms with Crippen molar-refractivity contribution in [1.82, 2.24) is 9.97 Å². The predicted molar refractivity (Wildman–Crippen MR) is 160 cm³/mol. The molecule has 40 heavy (non-hydrogen) atoms. The number of fused-ring (bicyclic) bond motifs is 1. The molecule has 3 aromatic carbocycles. The first-order chi connectivity index (χ1) is 19.3. The highest BCUT2D eigenvalue weighted by Crippen LogP contribution is 2.32. The second-order valence-electron chi connectivity index (χ2n) is 9.06. The quantitative estimate of drug-likeness (QED) is 0.0899. The number of nitrogen functional groups attached to an aromatic ring is 1. The van der Waals surface area contributed by atoms with Crippen molar-refractivity contribution in [2.75, 3.05) is 5.73 Å². The van der Waals surface area contributed by atoms with Gasteiger partial charge in [0, 0.05) is 5.38 Å². The molecule has 0 spiro atoms. The lowest BCUT2D eigenvalue weighted by molar-refractivity contribution is -0.172. The van der Waals surface area contributed by atoms with Gasteiger partial charge in [0.2, 0.25) is 10.7 Å². The van der Waals surface area contributed by atoms with Gasteiger partial charge in [-0.05, 0) is 48.9 Å². The number of ether oxygens (including phenoxy) is 1. The molecule has 2 N–H and O–H groups in total. The van der Waals surface area contributed by atoms with Gasteiger partial charge in [-0.2, -0.15) is 0 Å². The summed E-state index contributed by atoms with van der Waals surface area (Å²) in [4.78, 5) is 41.2. The second kappa shape index (κ2) is 12.0. The number of oxime groups is 1. The Morgan fingerprint density at radius 1 is 0.925 bits per heavy atom. The third kappa shape index (κ3) is 6.39. The van der Waals surface area contributed by atoms with E-state index in [-0.39, 0.29) is 16.5 Å². The fourth-order valence-electron chi connectivity index (χ4n) is 3.64. The van der Waals surface area contributed by atoms with Crippen LogP contribution in [-0.2, 0) is 19.2 Å². The molecule has 2 heterocycles. The molecule has 5 rings (SSSR count). The van der Waals surface area contributed by atoms with Gasteiger partial charge in [-0.3, -0.25) is 4.79 Å². The normalized spacial score (nSPS) is 12.0. The molecule has 202 valence electrons. The highest BCUT2D eigenvalue weighted by molar-refractivity contribution is 8.16. The molecule has 0 radical (unpaired) electrons. The minimum Gasteiger partial charge on any atom is -0.450 e. The Morgan fingerprint density at radius 2 is 1.55 bits per heavy atom. The SMILES string of the molecule is CC(C)(O/N=C(/C(=O)Sc1nc2ccccc2s1)c1csc(N)n1)C(=O)OC(c1ccccc1)c1ccccc1. The summed E-state index contributed by atoms with van der Waals surface area (Å²) in [5.41, 5.74) is 6.87. The van der Waals surface area contributed by atoms with Crippen molar-refractivity contribution in [2.45, 2.75) is 29.9 Å². The van der Waals surface area contributed by atoms with Crippen LogP contribution in [0.5, 0.6) is 0 Å². The summed E-state index contributed by atoms with van der Waals surface area (Å²) in [5.74, 6) is -0.655. The van der Waals surface area contributed by atoms with E-state index in [1.807, 2.05) is 84.9 Å². The number of nitrogens with zero attached hydrogens (tertiary/aromatic N) is 3. The van der Waals surface area contributed by atoms with Crippen molar-refractivity contribution in [2.24, 2.45) is 5.16 Å². The van der Waals surface area contributed by atoms with Gasteiger partial charge in [-0.25, -0.2) is 14.8 Å². The van der Waals surface area contributed by atoms with E-state index in [1.54, 1.807) is 5.38 Å². The summed E-state index contributed by atoms with van der Waals surface area (Å²) >= 11 is 3.47. The summed E-state index contributed by atoms with van der Waals surface area (Å²) in [5, 5.41) is 5.55. The van der Waals surface area contributed by atoms with E-state index in [1.165, 1.54) is 36.5 Å². The van der Waals surface area contributed by atoms with E-state index >= 15 is 0 Å². The number of carbonyl (C=O) groups excluding carboxylic acids is 2. The fourth-order valence-corrected chi connectivity index (χ4v) is 6.09. The van der Waals surface area contributed by atoms with Crippen molar-refractivity contribution >= 4 is 66.6 Å². The lowest BCUT2D eigenvalue weighted by Gasteiger charge is -2.25. The highest BCUT2D eigenvalue weighted by atomic mass is 32.2. The third-order valence-corrected chi connectivity index (χ3v) is 8.35. The van der Waals surface area contributed by atoms with Gasteiger partial charge in [-0.15, -0.1) is 22.7 Å². The monoisotopic (exact) mass is 588 g/mol. The van der Waals surface area contributed by atoms with Crippen LogP contribution in [0.4, 0.5) is 5.13 Å². The van der Waals surface area contributed by atoms with Crippen LogP contribution in [0.3, 0.4) is 0 Å². The van der Waals surface area contributed by atoms with Crippen molar-refractivity contribution in [3.63, 3.8) is 0 Å². The minimum atomic E-state index is -1.53. The van der Waals surface area contributed by atoms with E-state index in [0.717, 1.165) is 33.1 Å². The number of thiazole rings is 2. The van der Waals surface area contributed by atoms with E-state index in [9.17, 15) is 9.59 Å². The van der Waals surface area contributed by atoms with Gasteiger partial charge in [0.15, 0.2) is 21.3 Å². The first-order valence-corrected chi connectivity index (χ1v) is 14.7. The fraction of sp³-hybridized carbons (Fsp3) is 0.138. The Hall–Kier alpha value is -4.06. The maximum absolute atomic E-state index is 13.4. The van der Waals surface area contributed by atoms with E-state index < -0.39 is 22.8 Å². The standard InChI is InChI=1S/C29H24N4O4S3/c1-29(2,26(35)36-24(18-11-5-3-6-12-18)19-13-7-4-8-14-19)37-33-23(21-17-38-27(30)31-21)25(34)40-28-32-20-15-9-10-16-22(20)39-28/h3-17,24H,1-2H3,(H2,30,31)/b33-23+. The maximum Gasteiger partial charge on any atom is 0.353 e. The number of aromatic nitrogens is 2. The molecule has 11 heteroatoms. The number of para-hydroxylation sites is 1. The average Bonchev–Trinajstić information content (AvgIpc) is 3.58. The number of hydrogen-bond acceptors (Lipinski definition) is 11. The van der Waals surface area contributed by atoms with Crippen LogP contribution < -0.4 is 5.73 Å². The Balaban J connectivity index is 1.38. The van der Waals surface area contributed by atoms with Gasteiger partial charge in [0.25, 0.3) is 0 Å². The first kappa shape index (κ1) is 27.5. The molecule has 8 nitrogen and oxygen atoms in total. The summed E-state index contributed by atoms with van der Waals surface area (Å²) in [6.45, 7) is 3.06. The number of thioether (sulfide) groups is 1. The van der Waals surface area contributed by atoms with Crippen LogP contribution in [0, 0.1) is 0 Å². The number of hydrogen-bond donors (Lipinski definition) is 1. The molecule has 0 unspecified atom stereocenters. The minimum absolute atomic E-state index is 0.0826. The first-order valence-electron chi connectivity index (χ1n) is 12.2. The van der Waals surface area contributed by atoms with E-state index in [4.69, 9.17) is 15.3 Å². The molecule has 0 atom stereocenters. The average molecular weight is 589 g/mol. The number of benzene rings is 3. The van der Waals surface area contributed by atoms with Gasteiger partial charge in [0.05, 0.1) is 10.2 Å². The van der Waals surface area contributed by atoms with Crippen LogP contribution in [0.2, 0.25) is 0 Å². The van der Waals surface area contributed by atoms with Gasteiger partial charge >= 0.3 is 5.97 Å². The third-order valence-electron chi connectivity index (χ3n) is 5.70. The zero-order valence-corrected chi connectivity index (χ0v) is 24.0. The molecule has 0 saturated carbocycles. The highest BCUT2D eigenvalue weighted by Gasteiger charge is 2.36. The van der Waals surface area contributed by atoms with Gasteiger partial charge in [0.1, 0.15) is 5.69 Å². The Bertz CT molecular complexity index is 1590. The van der Waals surface area contributed by atoms with Crippen molar-refractivity contribution in [3.8, 4) is 0 Å². The molecule has 0 amide bonds. The number of esters is 1. The number of nitrogens with two attached hydrogens (primary N) is 1. The lowest BCUT2D eigenvalue weighted by Crippen LogP contribution is -2.37. The molecule has 0 aliphatic rings. The van der Waals surface area contributed by atoms with Crippen LogP contribution in [0.1, 0.15) is 36.8 Å². The van der Waals surface area contributed by atoms with Crippen molar-refractivity contribution in [1.29, 1.82) is 0 Å². The van der Waals surface area contributed by atoms with E-state index in [0.29, 0.717) is 4.34 Å². The van der Waals surface area contributed by atoms with Gasteiger partial charge in [-0.1, -0.05) is 78.0 Å². The van der Waals surface area contributed by atoms with Crippen molar-refractivity contribution in [3.05, 3.63) is 107 Å². The molecular formula is C29H24N4O4S3. The molecule has 0 aliphatic heterocycles. The molecule has 0 saturated heterocycles. The molecule has 2 aromatic heterocycles. The Morgan fingerprint density at radius 3 is 2.15 bits per heavy atom. The number of carbonyl (C=O) groups is 2. The van der Waals surface area contributed by atoms with E-state index in [2.05, 4.69) is 15.1 Å². The largest absolute Gasteiger partial charge is 0.450 e. The lowest BCUT2D eigenvalue weighted by atomic mass is 10.0. The Kier molecular flexibility index (Phi) is 8.24. The second-order valence-corrected chi connectivity index (χ2v) is 12.2. The summed E-state index contributed by atoms with van der Waals surface area (Å²) in [7, 11) is 0. The number of rotatable bonds is 9. The molecular weight excluding hydrogens is 565 g/mol. The molecule has 5 aromatic rings. The van der Waals surface area contributed by atoms with Crippen molar-refractivity contribution < 1.29 is 19.2 Å². The van der Waals surface area contributed by atoms with Crippen LogP contribution in [0.15, 0.2) is 99.8 Å². The summed E-state index contributed by atoms with van der Waals surface area (Å²) in [6, 6.07) is 26.5. The topological polar surface area (TPSA) is 117 Å². The smallest absolute Gasteiger partial charge is 0.353 e. The molecule has 0 bridgehead atoms. The summed E-state index contributed by atoms with van der Waals surface area (Å²) in [6.07, 6.45) is -0.657. The van der Waals surface area contributed by atoms with Crippen LogP contribution in [0.25, 0.3) is 10.2 Å². The Labute approximate surface area is 242 Å². The zero-order chi connectivity index (χ0) is 28.1. The zero-order valence-electron chi connectivity index (χ0n) is 21.5. The maximum atomic E-state index is 13.4. The van der Waals surface area contributed by atoms with Crippen LogP contribution in [-0.4, -0.2) is 32.4 Å². The van der Waals surface area contributed by atoms with Crippen LogP contribution >= 0.6 is 34.4 Å².